The zero-order valence-corrected chi connectivity index (χ0v) is 23.0. The van der Waals surface area contributed by atoms with Crippen LogP contribution in [0.2, 0.25) is 20.1 Å². The van der Waals surface area contributed by atoms with Crippen LogP contribution in [0, 0.1) is 0 Å². The van der Waals surface area contributed by atoms with Crippen LogP contribution in [0.3, 0.4) is 0 Å². The Morgan fingerprint density at radius 3 is 2.46 bits per heavy atom. The number of hydrogen-bond donors (Lipinski definition) is 2. The van der Waals surface area contributed by atoms with Crippen molar-refractivity contribution in [2.75, 3.05) is 23.9 Å². The number of nitrogens with one attached hydrogen (secondary N) is 2. The van der Waals surface area contributed by atoms with Crippen molar-refractivity contribution in [1.29, 1.82) is 0 Å². The minimum absolute atomic E-state index is 0.0863. The highest BCUT2D eigenvalue weighted by atomic mass is 35.5. The number of anilines is 1. The smallest absolute Gasteiger partial charge is 0.269 e. The summed E-state index contributed by atoms with van der Waals surface area (Å²) in [6.45, 7) is 0.125. The summed E-state index contributed by atoms with van der Waals surface area (Å²) in [5, 5.41) is 6.48. The summed E-state index contributed by atoms with van der Waals surface area (Å²) in [5.41, 5.74) is 1.75. The SMILES string of the molecule is CS(=O)CCOc1ccc(Cl)cc1C(=O)NC1N=C(c2c(Cl)cc(Cl)cc2Cl)c2ccccc2NC1=O. The fraction of sp³-hybridized carbons (Fsp3) is 0.160. The number of benzene rings is 3. The number of hydrogen-bond acceptors (Lipinski definition) is 5. The molecule has 0 aromatic heterocycles. The van der Waals surface area contributed by atoms with Gasteiger partial charge in [-0.1, -0.05) is 64.6 Å². The Morgan fingerprint density at radius 2 is 1.76 bits per heavy atom. The standard InChI is InChI=1S/C25H19Cl4N3O4S/c1-37(35)9-8-36-20-7-6-13(26)10-16(20)24(33)32-23-25(34)30-19-5-3-2-4-15(19)22(31-23)21-17(28)11-14(27)12-18(21)29/h2-7,10-12,23H,8-9H2,1H3,(H,30,34)(H,32,33). The first kappa shape index (κ1) is 27.4. The molecule has 0 radical (unpaired) electrons. The number of amides is 2. The summed E-state index contributed by atoms with van der Waals surface area (Å²) >= 11 is 25.2. The Morgan fingerprint density at radius 1 is 1.05 bits per heavy atom. The fourth-order valence-corrected chi connectivity index (χ4v) is 5.08. The number of nitrogens with zero attached hydrogens (tertiary/aromatic N) is 1. The lowest BCUT2D eigenvalue weighted by molar-refractivity contribution is -0.117. The van der Waals surface area contributed by atoms with Crippen LogP contribution >= 0.6 is 46.4 Å². The van der Waals surface area contributed by atoms with Gasteiger partial charge in [-0.25, -0.2) is 4.99 Å². The van der Waals surface area contributed by atoms with Crippen molar-refractivity contribution in [3.05, 3.63) is 91.4 Å². The predicted octanol–water partition coefficient (Wildman–Crippen LogP) is 5.60. The lowest BCUT2D eigenvalue weighted by Crippen LogP contribution is -2.42. The summed E-state index contributed by atoms with van der Waals surface area (Å²) in [6, 6.07) is 14.5. The molecule has 2 atom stereocenters. The van der Waals surface area contributed by atoms with E-state index in [0.717, 1.165) is 0 Å². The van der Waals surface area contributed by atoms with Crippen LogP contribution in [-0.4, -0.2) is 46.5 Å². The molecule has 2 N–H and O–H groups in total. The van der Waals surface area contributed by atoms with Crippen LogP contribution in [0.1, 0.15) is 21.5 Å². The van der Waals surface area contributed by atoms with Crippen molar-refractivity contribution in [1.82, 2.24) is 5.32 Å². The maximum atomic E-state index is 13.3. The Labute approximate surface area is 235 Å². The van der Waals surface area contributed by atoms with E-state index in [1.54, 1.807) is 36.6 Å². The first-order chi connectivity index (χ1) is 17.6. The zero-order valence-electron chi connectivity index (χ0n) is 19.2. The van der Waals surface area contributed by atoms with Gasteiger partial charge in [0.25, 0.3) is 11.8 Å². The van der Waals surface area contributed by atoms with Gasteiger partial charge in [-0.2, -0.15) is 0 Å². The molecule has 0 bridgehead atoms. The molecule has 192 valence electrons. The van der Waals surface area contributed by atoms with E-state index in [4.69, 9.17) is 51.1 Å². The van der Waals surface area contributed by atoms with Crippen molar-refractivity contribution >= 4 is 80.4 Å². The number of halogens is 4. The molecule has 0 aliphatic carbocycles. The molecule has 1 heterocycles. The molecule has 0 fully saturated rings. The quantitative estimate of drug-likeness (QED) is 0.370. The molecule has 37 heavy (non-hydrogen) atoms. The third-order valence-corrected chi connectivity index (χ3v) is 7.06. The Balaban J connectivity index is 1.73. The largest absolute Gasteiger partial charge is 0.492 e. The summed E-state index contributed by atoms with van der Waals surface area (Å²) in [4.78, 5) is 31.0. The van der Waals surface area contributed by atoms with E-state index in [9.17, 15) is 13.8 Å². The van der Waals surface area contributed by atoms with Gasteiger partial charge in [0.2, 0.25) is 6.17 Å². The molecule has 0 saturated carbocycles. The van der Waals surface area contributed by atoms with Gasteiger partial charge in [0.1, 0.15) is 5.75 Å². The van der Waals surface area contributed by atoms with Gasteiger partial charge in [-0.05, 0) is 36.4 Å². The molecular formula is C25H19Cl4N3O4S. The highest BCUT2D eigenvalue weighted by Gasteiger charge is 2.30. The van der Waals surface area contributed by atoms with Gasteiger partial charge >= 0.3 is 0 Å². The summed E-state index contributed by atoms with van der Waals surface area (Å²) in [5.74, 6) is -0.735. The van der Waals surface area contributed by atoms with Gasteiger partial charge in [0.05, 0.1) is 39.4 Å². The number of rotatable bonds is 7. The topological polar surface area (TPSA) is 96.9 Å². The summed E-state index contributed by atoms with van der Waals surface area (Å²) < 4.78 is 17.0. The number of carbonyl (C=O) groups excluding carboxylic acids is 2. The van der Waals surface area contributed by atoms with Gasteiger partial charge < -0.3 is 15.4 Å². The number of para-hydroxylation sites is 1. The molecule has 0 spiro atoms. The second kappa shape index (κ2) is 11.8. The molecule has 3 aromatic rings. The van der Waals surface area contributed by atoms with Gasteiger partial charge in [0, 0.05) is 38.2 Å². The van der Waals surface area contributed by atoms with Crippen LogP contribution in [0.4, 0.5) is 5.69 Å². The van der Waals surface area contributed by atoms with E-state index >= 15 is 0 Å². The summed E-state index contributed by atoms with van der Waals surface area (Å²) in [6.07, 6.45) is 0.198. The lowest BCUT2D eigenvalue weighted by Gasteiger charge is -2.16. The van der Waals surface area contributed by atoms with E-state index in [0.29, 0.717) is 32.6 Å². The first-order valence-corrected chi connectivity index (χ1v) is 14.0. The predicted molar refractivity (Wildman–Crippen MR) is 149 cm³/mol. The first-order valence-electron chi connectivity index (χ1n) is 10.8. The second-order valence-electron chi connectivity index (χ2n) is 7.90. The maximum Gasteiger partial charge on any atom is 0.269 e. The summed E-state index contributed by atoms with van der Waals surface area (Å²) in [7, 11) is -1.07. The van der Waals surface area contributed by atoms with Crippen molar-refractivity contribution in [2.24, 2.45) is 4.99 Å². The molecule has 2 unspecified atom stereocenters. The van der Waals surface area contributed by atoms with Gasteiger partial charge in [0.15, 0.2) is 0 Å². The molecule has 0 saturated heterocycles. The average Bonchev–Trinajstić information content (AvgIpc) is 2.95. The molecule has 3 aromatic carbocycles. The van der Waals surface area contributed by atoms with Crippen LogP contribution in [0.5, 0.6) is 5.75 Å². The maximum absolute atomic E-state index is 13.3. The van der Waals surface area contributed by atoms with Crippen LogP contribution < -0.4 is 15.4 Å². The van der Waals surface area contributed by atoms with E-state index in [1.165, 1.54) is 24.3 Å². The van der Waals surface area contributed by atoms with Gasteiger partial charge in [-0.3, -0.25) is 13.8 Å². The molecule has 1 aliphatic rings. The fourth-order valence-electron chi connectivity index (χ4n) is 3.60. The molecule has 12 heteroatoms. The minimum atomic E-state index is -1.35. The molecule has 7 nitrogen and oxygen atoms in total. The Bertz CT molecular complexity index is 1420. The van der Waals surface area contributed by atoms with E-state index in [-0.39, 0.29) is 33.7 Å². The van der Waals surface area contributed by atoms with Crippen LogP contribution in [-0.2, 0) is 15.6 Å². The van der Waals surface area contributed by atoms with Crippen molar-refractivity contribution in [2.45, 2.75) is 6.17 Å². The van der Waals surface area contributed by atoms with Crippen molar-refractivity contribution < 1.29 is 18.5 Å². The molecular weight excluding hydrogens is 580 g/mol. The van der Waals surface area contributed by atoms with E-state index in [1.807, 2.05) is 0 Å². The zero-order chi connectivity index (χ0) is 26.7. The van der Waals surface area contributed by atoms with Crippen molar-refractivity contribution in [3.63, 3.8) is 0 Å². The number of benzodiazepines with no additional fused rings is 1. The highest BCUT2D eigenvalue weighted by molar-refractivity contribution is 7.84. The second-order valence-corrected chi connectivity index (χ2v) is 11.1. The van der Waals surface area contributed by atoms with E-state index < -0.39 is 28.8 Å². The number of aliphatic imine (C=N–C) groups is 1. The molecule has 2 amide bonds. The van der Waals surface area contributed by atoms with Crippen molar-refractivity contribution in [3.8, 4) is 5.75 Å². The third-order valence-electron chi connectivity index (χ3n) is 5.27. The third kappa shape index (κ3) is 6.45. The van der Waals surface area contributed by atoms with E-state index in [2.05, 4.69) is 15.6 Å². The lowest BCUT2D eigenvalue weighted by atomic mass is 10.0. The number of fused-ring (bicyclic) bond motifs is 1. The monoisotopic (exact) mass is 597 g/mol. The average molecular weight is 599 g/mol. The van der Waals surface area contributed by atoms with Gasteiger partial charge in [-0.15, -0.1) is 0 Å². The number of ether oxygens (including phenoxy) is 1. The molecule has 4 rings (SSSR count). The number of carbonyl (C=O) groups is 2. The normalized spacial score (nSPS) is 15.6. The highest BCUT2D eigenvalue weighted by Crippen LogP contribution is 2.34. The Hall–Kier alpha value is -2.62. The van der Waals surface area contributed by atoms with Crippen LogP contribution in [0.15, 0.2) is 59.6 Å². The Kier molecular flexibility index (Phi) is 8.77. The minimum Gasteiger partial charge on any atom is -0.492 e. The van der Waals surface area contributed by atoms with Crippen LogP contribution in [0.25, 0.3) is 0 Å². The molecule has 1 aliphatic heterocycles.